The summed E-state index contributed by atoms with van der Waals surface area (Å²) in [6.45, 7) is 4.32. The second kappa shape index (κ2) is 7.34. The molecular weight excluding hydrogens is 324 g/mol. The van der Waals surface area contributed by atoms with E-state index in [0.29, 0.717) is 23.9 Å². The Bertz CT molecular complexity index is 753. The summed E-state index contributed by atoms with van der Waals surface area (Å²) in [4.78, 5) is 10.9. The highest BCUT2D eigenvalue weighted by molar-refractivity contribution is 5.68. The summed E-state index contributed by atoms with van der Waals surface area (Å²) in [5.41, 5.74) is 1.90. The Morgan fingerprint density at radius 1 is 1.16 bits per heavy atom. The molecule has 0 aliphatic carbocycles. The van der Waals surface area contributed by atoms with Crippen molar-refractivity contribution in [2.45, 2.75) is 19.8 Å². The molecule has 3 rings (SSSR count). The fraction of sp³-hybridized carbons (Fsp3) is 0.316. The molecule has 0 radical (unpaired) electrons. The van der Waals surface area contributed by atoms with Gasteiger partial charge < -0.3 is 24.1 Å². The van der Waals surface area contributed by atoms with Gasteiger partial charge in [-0.05, 0) is 30.7 Å². The number of ether oxygens (including phenoxy) is 4. The van der Waals surface area contributed by atoms with E-state index in [0.717, 1.165) is 16.9 Å². The van der Waals surface area contributed by atoms with E-state index in [2.05, 4.69) is 0 Å². The van der Waals surface area contributed by atoms with Crippen molar-refractivity contribution in [3.63, 3.8) is 0 Å². The molecule has 0 amide bonds. The number of hydrogen-bond acceptors (Lipinski definition) is 5. The van der Waals surface area contributed by atoms with Gasteiger partial charge in [0.1, 0.15) is 11.5 Å². The van der Waals surface area contributed by atoms with Crippen LogP contribution in [0.3, 0.4) is 0 Å². The molecule has 0 saturated heterocycles. The molecule has 1 N–H and O–H groups in total. The first-order valence-electron chi connectivity index (χ1n) is 8.09. The molecule has 6 nitrogen and oxygen atoms in total. The maximum absolute atomic E-state index is 10.9. The monoisotopic (exact) mass is 344 g/mol. The first kappa shape index (κ1) is 17.0. The van der Waals surface area contributed by atoms with Gasteiger partial charge in [-0.25, -0.2) is 4.79 Å². The summed E-state index contributed by atoms with van der Waals surface area (Å²) >= 11 is 0. The number of rotatable bonds is 7. The highest BCUT2D eigenvalue weighted by Gasteiger charge is 2.22. The third-order valence-electron chi connectivity index (χ3n) is 4.01. The van der Waals surface area contributed by atoms with Crippen LogP contribution >= 0.6 is 0 Å². The molecule has 132 valence electrons. The molecule has 0 bridgehead atoms. The van der Waals surface area contributed by atoms with Crippen LogP contribution in [-0.4, -0.2) is 31.1 Å². The van der Waals surface area contributed by atoms with Gasteiger partial charge in [0.15, 0.2) is 18.1 Å². The summed E-state index contributed by atoms with van der Waals surface area (Å²) in [6.07, 6.45) is 0. The van der Waals surface area contributed by atoms with Crippen molar-refractivity contribution in [2.24, 2.45) is 0 Å². The zero-order valence-corrected chi connectivity index (χ0v) is 14.2. The summed E-state index contributed by atoms with van der Waals surface area (Å²) in [7, 11) is 0. The SMILES string of the molecule is CCOc1ccc(C(C)c2cc3c(cc2OCC(=O)O)OCO3)cc1. The lowest BCUT2D eigenvalue weighted by atomic mass is 9.92. The molecule has 0 aromatic heterocycles. The third kappa shape index (κ3) is 3.79. The van der Waals surface area contributed by atoms with Gasteiger partial charge in [0.2, 0.25) is 6.79 Å². The Morgan fingerprint density at radius 3 is 2.48 bits per heavy atom. The summed E-state index contributed by atoms with van der Waals surface area (Å²) in [5.74, 6) is 1.43. The molecule has 1 aliphatic heterocycles. The molecule has 1 aliphatic rings. The quantitative estimate of drug-likeness (QED) is 0.829. The Kier molecular flexibility index (Phi) is 4.97. The van der Waals surface area contributed by atoms with Crippen LogP contribution in [0, 0.1) is 0 Å². The minimum absolute atomic E-state index is 0.0195. The Labute approximate surface area is 145 Å². The maximum Gasteiger partial charge on any atom is 0.341 e. The van der Waals surface area contributed by atoms with Crippen LogP contribution in [0.2, 0.25) is 0 Å². The van der Waals surface area contributed by atoms with Crippen molar-refractivity contribution >= 4 is 5.97 Å². The van der Waals surface area contributed by atoms with Crippen LogP contribution in [0.15, 0.2) is 36.4 Å². The Balaban J connectivity index is 1.91. The maximum atomic E-state index is 10.9. The van der Waals surface area contributed by atoms with Crippen LogP contribution in [0.25, 0.3) is 0 Å². The zero-order valence-electron chi connectivity index (χ0n) is 14.2. The molecule has 25 heavy (non-hydrogen) atoms. The lowest BCUT2D eigenvalue weighted by Gasteiger charge is -2.18. The van der Waals surface area contributed by atoms with E-state index in [4.69, 9.17) is 24.1 Å². The van der Waals surface area contributed by atoms with Crippen molar-refractivity contribution in [3.05, 3.63) is 47.5 Å². The predicted molar refractivity (Wildman–Crippen MR) is 90.8 cm³/mol. The molecule has 6 heteroatoms. The first-order chi connectivity index (χ1) is 12.1. The lowest BCUT2D eigenvalue weighted by molar-refractivity contribution is -0.139. The van der Waals surface area contributed by atoms with E-state index in [1.807, 2.05) is 44.2 Å². The number of carboxylic acid groups (broad SMARTS) is 1. The Hall–Kier alpha value is -2.89. The zero-order chi connectivity index (χ0) is 17.8. The van der Waals surface area contributed by atoms with Gasteiger partial charge >= 0.3 is 5.97 Å². The average Bonchev–Trinajstić information content (AvgIpc) is 3.06. The van der Waals surface area contributed by atoms with Gasteiger partial charge in [-0.1, -0.05) is 19.1 Å². The van der Waals surface area contributed by atoms with Crippen LogP contribution in [-0.2, 0) is 4.79 Å². The largest absolute Gasteiger partial charge is 0.494 e. The van der Waals surface area contributed by atoms with Crippen molar-refractivity contribution in [1.29, 1.82) is 0 Å². The minimum atomic E-state index is -1.03. The molecule has 1 atom stereocenters. The van der Waals surface area contributed by atoms with Gasteiger partial charge in [0.25, 0.3) is 0 Å². The van der Waals surface area contributed by atoms with Crippen molar-refractivity contribution in [2.75, 3.05) is 20.0 Å². The second-order valence-electron chi connectivity index (χ2n) is 5.65. The molecule has 0 fully saturated rings. The fourth-order valence-electron chi connectivity index (χ4n) is 2.74. The summed E-state index contributed by atoms with van der Waals surface area (Å²) < 4.78 is 21.7. The fourth-order valence-corrected chi connectivity index (χ4v) is 2.74. The minimum Gasteiger partial charge on any atom is -0.494 e. The molecule has 0 spiro atoms. The van der Waals surface area contributed by atoms with Crippen LogP contribution in [0.4, 0.5) is 0 Å². The highest BCUT2D eigenvalue weighted by atomic mass is 16.7. The lowest BCUT2D eigenvalue weighted by Crippen LogP contribution is -2.11. The van der Waals surface area contributed by atoms with E-state index >= 15 is 0 Å². The van der Waals surface area contributed by atoms with Crippen molar-refractivity contribution in [3.8, 4) is 23.0 Å². The topological polar surface area (TPSA) is 74.2 Å². The van der Waals surface area contributed by atoms with Gasteiger partial charge in [0.05, 0.1) is 6.61 Å². The molecule has 1 unspecified atom stereocenters. The summed E-state index contributed by atoms with van der Waals surface area (Å²) in [6, 6.07) is 11.3. The van der Waals surface area contributed by atoms with Gasteiger partial charge in [-0.2, -0.15) is 0 Å². The average molecular weight is 344 g/mol. The normalized spacial score (nSPS) is 13.4. The van der Waals surface area contributed by atoms with Gasteiger partial charge in [0, 0.05) is 17.5 Å². The van der Waals surface area contributed by atoms with Crippen LogP contribution in [0.5, 0.6) is 23.0 Å². The number of carboxylic acids is 1. The molecule has 0 saturated carbocycles. The molecule has 2 aromatic carbocycles. The van der Waals surface area contributed by atoms with Gasteiger partial charge in [-0.15, -0.1) is 0 Å². The van der Waals surface area contributed by atoms with E-state index in [1.54, 1.807) is 6.07 Å². The van der Waals surface area contributed by atoms with E-state index < -0.39 is 12.6 Å². The van der Waals surface area contributed by atoms with Crippen molar-refractivity contribution < 1.29 is 28.8 Å². The third-order valence-corrected chi connectivity index (χ3v) is 4.01. The van der Waals surface area contributed by atoms with Gasteiger partial charge in [-0.3, -0.25) is 0 Å². The van der Waals surface area contributed by atoms with Crippen molar-refractivity contribution in [1.82, 2.24) is 0 Å². The number of benzene rings is 2. The van der Waals surface area contributed by atoms with Crippen LogP contribution < -0.4 is 18.9 Å². The smallest absolute Gasteiger partial charge is 0.341 e. The van der Waals surface area contributed by atoms with E-state index in [1.165, 1.54) is 0 Å². The molecule has 1 heterocycles. The molecular formula is C19H20O6. The first-order valence-corrected chi connectivity index (χ1v) is 8.09. The number of carbonyl (C=O) groups is 1. The highest BCUT2D eigenvalue weighted by Crippen LogP contribution is 2.42. The number of hydrogen-bond donors (Lipinski definition) is 1. The number of aliphatic carboxylic acids is 1. The van der Waals surface area contributed by atoms with Crippen LogP contribution in [0.1, 0.15) is 30.9 Å². The Morgan fingerprint density at radius 2 is 1.84 bits per heavy atom. The standard InChI is InChI=1S/C19H20O6/c1-3-22-14-6-4-13(5-7-14)12(2)15-8-17-18(25-11-24-17)9-16(15)23-10-19(20)21/h4-9,12H,3,10-11H2,1-2H3,(H,20,21). The second-order valence-corrected chi connectivity index (χ2v) is 5.65. The van der Waals surface area contributed by atoms with E-state index in [9.17, 15) is 4.79 Å². The number of fused-ring (bicyclic) bond motifs is 1. The van der Waals surface area contributed by atoms with E-state index in [-0.39, 0.29) is 12.7 Å². The summed E-state index contributed by atoms with van der Waals surface area (Å²) in [5, 5.41) is 8.90. The predicted octanol–water partition coefficient (Wildman–Crippen LogP) is 3.43. The molecule has 2 aromatic rings.